The number of fused-ring (bicyclic) bond motifs is 1. The number of hydrogen-bond donors (Lipinski definition) is 2. The van der Waals surface area contributed by atoms with Crippen LogP contribution < -0.4 is 15.0 Å². The zero-order chi connectivity index (χ0) is 22.1. The molecule has 3 aromatic rings. The van der Waals surface area contributed by atoms with Gasteiger partial charge in [-0.2, -0.15) is 0 Å². The van der Waals surface area contributed by atoms with Crippen LogP contribution in [0.2, 0.25) is 0 Å². The number of hydrogen-bond acceptors (Lipinski definition) is 4. The standard InChI is InChI=1S/C25H24N4O3/c1-32-20-6-2-5-19(16-20)28-10-12-29(13-11-28)25(31)17-7-8-23-21(14-17)22(24(30)27-23)15-18-4-3-9-26-18/h2-9,14-16,26H,10-13H2,1H3,(H,27,30)/b22-15-. The molecule has 0 saturated carbocycles. The SMILES string of the molecule is COc1cccc(N2CCN(C(=O)c3ccc4c(c3)/C(=C/c3ccc[nH]3)C(=O)N4)CC2)c1. The molecule has 2 aliphatic rings. The number of rotatable bonds is 4. The molecule has 2 aromatic carbocycles. The van der Waals surface area contributed by atoms with E-state index in [-0.39, 0.29) is 11.8 Å². The van der Waals surface area contributed by atoms with Gasteiger partial charge in [0.2, 0.25) is 0 Å². The lowest BCUT2D eigenvalue weighted by atomic mass is 10.0. The van der Waals surface area contributed by atoms with E-state index >= 15 is 0 Å². The molecule has 3 heterocycles. The van der Waals surface area contributed by atoms with Crippen LogP contribution >= 0.6 is 0 Å². The minimum atomic E-state index is -0.161. The van der Waals surface area contributed by atoms with E-state index in [2.05, 4.69) is 21.3 Å². The third-order valence-corrected chi connectivity index (χ3v) is 5.96. The molecule has 7 nitrogen and oxygen atoms in total. The Kier molecular flexibility index (Phi) is 5.15. The van der Waals surface area contributed by atoms with Gasteiger partial charge in [0.15, 0.2) is 0 Å². The van der Waals surface area contributed by atoms with Gasteiger partial charge in [-0.05, 0) is 48.5 Å². The largest absolute Gasteiger partial charge is 0.497 e. The van der Waals surface area contributed by atoms with E-state index in [0.717, 1.165) is 41.5 Å². The summed E-state index contributed by atoms with van der Waals surface area (Å²) in [5, 5.41) is 2.88. The molecule has 2 amide bonds. The Bertz CT molecular complexity index is 1190. The lowest BCUT2D eigenvalue weighted by Crippen LogP contribution is -2.48. The highest BCUT2D eigenvalue weighted by molar-refractivity contribution is 6.35. The maximum absolute atomic E-state index is 13.2. The number of amides is 2. The molecule has 5 rings (SSSR count). The number of aromatic nitrogens is 1. The minimum Gasteiger partial charge on any atom is -0.497 e. The van der Waals surface area contributed by atoms with E-state index in [9.17, 15) is 9.59 Å². The molecule has 7 heteroatoms. The Balaban J connectivity index is 1.32. The fourth-order valence-corrected chi connectivity index (χ4v) is 4.21. The van der Waals surface area contributed by atoms with Crippen molar-refractivity contribution in [3.63, 3.8) is 0 Å². The molecule has 1 fully saturated rings. The van der Waals surface area contributed by atoms with E-state index in [1.165, 1.54) is 0 Å². The Labute approximate surface area is 186 Å². The molecule has 2 aliphatic heterocycles. The third-order valence-electron chi connectivity index (χ3n) is 5.96. The summed E-state index contributed by atoms with van der Waals surface area (Å²) in [5.74, 6) is 0.647. The monoisotopic (exact) mass is 428 g/mol. The number of anilines is 2. The summed E-state index contributed by atoms with van der Waals surface area (Å²) in [4.78, 5) is 32.9. The molecule has 0 bridgehead atoms. The summed E-state index contributed by atoms with van der Waals surface area (Å²) in [5.41, 5.74) is 4.57. The quantitative estimate of drug-likeness (QED) is 0.624. The van der Waals surface area contributed by atoms with Gasteiger partial charge in [0.1, 0.15) is 5.75 Å². The van der Waals surface area contributed by atoms with Crippen molar-refractivity contribution >= 4 is 34.8 Å². The van der Waals surface area contributed by atoms with Crippen LogP contribution in [0.5, 0.6) is 5.75 Å². The van der Waals surface area contributed by atoms with Gasteiger partial charge in [-0.25, -0.2) is 0 Å². The average molecular weight is 428 g/mol. The highest BCUT2D eigenvalue weighted by Crippen LogP contribution is 2.34. The number of nitrogens with zero attached hydrogens (tertiary/aromatic N) is 2. The molecule has 1 saturated heterocycles. The van der Waals surface area contributed by atoms with Crippen LogP contribution in [0.3, 0.4) is 0 Å². The number of piperazine rings is 1. The Morgan fingerprint density at radius 1 is 1.03 bits per heavy atom. The summed E-state index contributed by atoms with van der Waals surface area (Å²) in [6.45, 7) is 2.77. The van der Waals surface area contributed by atoms with Gasteiger partial charge in [0, 0.05) is 66.6 Å². The second kappa shape index (κ2) is 8.26. The molecule has 0 spiro atoms. The summed E-state index contributed by atoms with van der Waals surface area (Å²) >= 11 is 0. The fraction of sp³-hybridized carbons (Fsp3) is 0.200. The first-order chi connectivity index (χ1) is 15.6. The molecule has 0 radical (unpaired) electrons. The van der Waals surface area contributed by atoms with Crippen molar-refractivity contribution in [1.29, 1.82) is 0 Å². The number of carbonyl (C=O) groups excluding carboxylic acids is 2. The molecule has 162 valence electrons. The third kappa shape index (κ3) is 3.73. The fourth-order valence-electron chi connectivity index (χ4n) is 4.21. The van der Waals surface area contributed by atoms with Gasteiger partial charge in [0.25, 0.3) is 11.8 Å². The maximum atomic E-state index is 13.2. The number of methoxy groups -OCH3 is 1. The van der Waals surface area contributed by atoms with Crippen LogP contribution in [0.4, 0.5) is 11.4 Å². The van der Waals surface area contributed by atoms with Gasteiger partial charge < -0.3 is 24.8 Å². The topological polar surface area (TPSA) is 77.7 Å². The molecule has 32 heavy (non-hydrogen) atoms. The van der Waals surface area contributed by atoms with Crippen LogP contribution in [-0.4, -0.2) is 55.0 Å². The summed E-state index contributed by atoms with van der Waals surface area (Å²) in [7, 11) is 1.66. The molecule has 0 aliphatic carbocycles. The van der Waals surface area contributed by atoms with E-state index in [1.54, 1.807) is 13.2 Å². The van der Waals surface area contributed by atoms with Crippen molar-refractivity contribution in [1.82, 2.24) is 9.88 Å². The molecular formula is C25H24N4O3. The van der Waals surface area contributed by atoms with Crippen molar-refractivity contribution in [2.24, 2.45) is 0 Å². The van der Waals surface area contributed by atoms with Crippen LogP contribution in [0.15, 0.2) is 60.8 Å². The molecule has 2 N–H and O–H groups in total. The molecule has 1 aromatic heterocycles. The van der Waals surface area contributed by atoms with Crippen molar-refractivity contribution in [3.05, 3.63) is 77.6 Å². The first kappa shape index (κ1) is 19.9. The lowest BCUT2D eigenvalue weighted by molar-refractivity contribution is -0.110. The van der Waals surface area contributed by atoms with Gasteiger partial charge >= 0.3 is 0 Å². The Morgan fingerprint density at radius 3 is 2.62 bits per heavy atom. The first-order valence-electron chi connectivity index (χ1n) is 10.6. The predicted octanol–water partition coefficient (Wildman–Crippen LogP) is 3.48. The molecule has 0 unspecified atom stereocenters. The maximum Gasteiger partial charge on any atom is 0.256 e. The van der Waals surface area contributed by atoms with Gasteiger partial charge in [-0.1, -0.05) is 6.07 Å². The Morgan fingerprint density at radius 2 is 1.88 bits per heavy atom. The smallest absolute Gasteiger partial charge is 0.256 e. The minimum absolute atomic E-state index is 0.0170. The Hall–Kier alpha value is -4.00. The van der Waals surface area contributed by atoms with Gasteiger partial charge in [-0.3, -0.25) is 9.59 Å². The second-order valence-corrected chi connectivity index (χ2v) is 7.88. The van der Waals surface area contributed by atoms with Gasteiger partial charge in [0.05, 0.1) is 12.7 Å². The number of ether oxygens (including phenoxy) is 1. The average Bonchev–Trinajstić information content (AvgIpc) is 3.46. The zero-order valence-corrected chi connectivity index (χ0v) is 17.8. The van der Waals surface area contributed by atoms with E-state index < -0.39 is 0 Å². The molecule has 0 atom stereocenters. The van der Waals surface area contributed by atoms with Crippen molar-refractivity contribution in [2.75, 3.05) is 43.5 Å². The number of aromatic amines is 1. The zero-order valence-electron chi connectivity index (χ0n) is 17.8. The lowest BCUT2D eigenvalue weighted by Gasteiger charge is -2.36. The van der Waals surface area contributed by atoms with E-state index in [4.69, 9.17) is 4.74 Å². The number of nitrogens with one attached hydrogen (secondary N) is 2. The predicted molar refractivity (Wildman–Crippen MR) is 125 cm³/mol. The van der Waals surface area contributed by atoms with E-state index in [1.807, 2.05) is 59.6 Å². The van der Waals surface area contributed by atoms with Crippen molar-refractivity contribution in [3.8, 4) is 5.75 Å². The second-order valence-electron chi connectivity index (χ2n) is 7.88. The van der Waals surface area contributed by atoms with Gasteiger partial charge in [-0.15, -0.1) is 0 Å². The van der Waals surface area contributed by atoms with E-state index in [0.29, 0.717) is 24.2 Å². The van der Waals surface area contributed by atoms with Crippen LogP contribution in [-0.2, 0) is 4.79 Å². The van der Waals surface area contributed by atoms with Crippen LogP contribution in [0.25, 0.3) is 11.6 Å². The summed E-state index contributed by atoms with van der Waals surface area (Å²) in [6, 6.07) is 17.2. The molecular weight excluding hydrogens is 404 g/mol. The summed E-state index contributed by atoms with van der Waals surface area (Å²) < 4.78 is 5.32. The van der Waals surface area contributed by atoms with Crippen molar-refractivity contribution < 1.29 is 14.3 Å². The highest BCUT2D eigenvalue weighted by Gasteiger charge is 2.27. The highest BCUT2D eigenvalue weighted by atomic mass is 16.5. The van der Waals surface area contributed by atoms with Crippen LogP contribution in [0.1, 0.15) is 21.6 Å². The number of H-pyrrole nitrogens is 1. The van der Waals surface area contributed by atoms with Crippen LogP contribution in [0, 0.1) is 0 Å². The first-order valence-corrected chi connectivity index (χ1v) is 10.6. The number of benzene rings is 2. The normalized spacial score (nSPS) is 16.8. The number of carbonyl (C=O) groups is 2. The summed E-state index contributed by atoms with van der Waals surface area (Å²) in [6.07, 6.45) is 3.62. The van der Waals surface area contributed by atoms with Crippen molar-refractivity contribution in [2.45, 2.75) is 0 Å².